The molecule has 0 spiro atoms. The Balaban J connectivity index is 1.43. The molecule has 1 saturated heterocycles. The molecule has 0 atom stereocenters. The van der Waals surface area contributed by atoms with Crippen LogP contribution in [0, 0.1) is 0 Å². The van der Waals surface area contributed by atoms with Crippen LogP contribution in [0.5, 0.6) is 0 Å². The second-order valence-electron chi connectivity index (χ2n) is 8.48. The number of nitrogens with one attached hydrogen (secondary N) is 2. The number of aromatic amines is 1. The number of piperazine rings is 1. The minimum atomic E-state index is -0.963. The van der Waals surface area contributed by atoms with Crippen LogP contribution in [-0.4, -0.2) is 65.9 Å². The van der Waals surface area contributed by atoms with Gasteiger partial charge in [-0.25, -0.2) is 9.78 Å². The van der Waals surface area contributed by atoms with Crippen LogP contribution in [-0.2, 0) is 0 Å². The van der Waals surface area contributed by atoms with Gasteiger partial charge in [0.15, 0.2) is 0 Å². The van der Waals surface area contributed by atoms with Gasteiger partial charge in [0.1, 0.15) is 5.82 Å². The number of carbonyl (C=O) groups is 1. The number of nitrogens with zero attached hydrogens (tertiary/aromatic N) is 4. The molecule has 1 aliphatic rings. The van der Waals surface area contributed by atoms with E-state index in [1.165, 1.54) is 0 Å². The summed E-state index contributed by atoms with van der Waals surface area (Å²) >= 11 is 0. The van der Waals surface area contributed by atoms with Crippen molar-refractivity contribution < 1.29 is 9.90 Å². The first-order chi connectivity index (χ1) is 16.5. The molecule has 0 amide bonds. The summed E-state index contributed by atoms with van der Waals surface area (Å²) in [4.78, 5) is 28.2. The van der Waals surface area contributed by atoms with E-state index in [0.717, 1.165) is 65.5 Å². The van der Waals surface area contributed by atoms with E-state index in [1.807, 2.05) is 30.3 Å². The van der Waals surface area contributed by atoms with Gasteiger partial charge in [-0.3, -0.25) is 4.99 Å². The number of fused-ring (bicyclic) bond motifs is 1. The molecule has 3 N–H and O–H groups in total. The first kappa shape index (κ1) is 21.7. The van der Waals surface area contributed by atoms with Gasteiger partial charge in [0.2, 0.25) is 0 Å². The number of carboxylic acids is 1. The van der Waals surface area contributed by atoms with Crippen molar-refractivity contribution >= 4 is 46.5 Å². The number of likely N-dealkylation sites (N-methyl/N-ethyl adjacent to an activating group) is 1. The average Bonchev–Trinajstić information content (AvgIpc) is 3.28. The largest absolute Gasteiger partial charge is 0.478 e. The number of aliphatic imine (C=N–C) groups is 1. The first-order valence-electron chi connectivity index (χ1n) is 11.1. The maximum Gasteiger partial charge on any atom is 0.335 e. The van der Waals surface area contributed by atoms with Crippen molar-refractivity contribution in [1.29, 1.82) is 0 Å². The summed E-state index contributed by atoms with van der Waals surface area (Å²) in [5.74, 6) is -0.337. The van der Waals surface area contributed by atoms with Gasteiger partial charge in [-0.05, 0) is 62.3 Å². The fraction of sp³-hybridized carbons (Fsp3) is 0.192. The number of hydrogen-bond donors (Lipinski definition) is 3. The second kappa shape index (κ2) is 8.99. The van der Waals surface area contributed by atoms with Crippen molar-refractivity contribution in [2.24, 2.45) is 4.99 Å². The number of aromatic nitrogens is 2. The average molecular weight is 455 g/mol. The molecule has 172 valence electrons. The number of anilines is 3. The molecule has 0 saturated carbocycles. The molecule has 0 bridgehead atoms. The monoisotopic (exact) mass is 454 g/mol. The summed E-state index contributed by atoms with van der Waals surface area (Å²) in [6.45, 7) is 7.78. The third-order valence-corrected chi connectivity index (χ3v) is 6.16. The Morgan fingerprint density at radius 2 is 1.91 bits per heavy atom. The van der Waals surface area contributed by atoms with Gasteiger partial charge in [-0.1, -0.05) is 12.1 Å². The van der Waals surface area contributed by atoms with Crippen LogP contribution in [0.3, 0.4) is 0 Å². The maximum absolute atomic E-state index is 11.3. The highest BCUT2D eigenvalue weighted by molar-refractivity contribution is 5.90. The molecule has 0 radical (unpaired) electrons. The van der Waals surface area contributed by atoms with E-state index < -0.39 is 5.97 Å². The molecule has 1 fully saturated rings. The lowest BCUT2D eigenvalue weighted by Gasteiger charge is -2.34. The number of rotatable bonds is 6. The predicted molar refractivity (Wildman–Crippen MR) is 137 cm³/mol. The van der Waals surface area contributed by atoms with Crippen LogP contribution >= 0.6 is 0 Å². The molecule has 34 heavy (non-hydrogen) atoms. The zero-order chi connectivity index (χ0) is 23.7. The number of aromatic carboxylic acids is 1. The molecule has 2 heterocycles. The fourth-order valence-electron chi connectivity index (χ4n) is 4.20. The Labute approximate surface area is 197 Å². The van der Waals surface area contributed by atoms with Crippen molar-refractivity contribution in [3.8, 4) is 11.4 Å². The first-order valence-corrected chi connectivity index (χ1v) is 11.1. The van der Waals surface area contributed by atoms with E-state index in [2.05, 4.69) is 56.0 Å². The highest BCUT2D eigenvalue weighted by atomic mass is 16.4. The Morgan fingerprint density at radius 3 is 2.68 bits per heavy atom. The quantitative estimate of drug-likeness (QED) is 0.364. The highest BCUT2D eigenvalue weighted by Gasteiger charge is 2.16. The summed E-state index contributed by atoms with van der Waals surface area (Å²) in [5.41, 5.74) is 6.33. The molecule has 8 nitrogen and oxygen atoms in total. The van der Waals surface area contributed by atoms with Crippen LogP contribution in [0.15, 0.2) is 65.7 Å². The van der Waals surface area contributed by atoms with E-state index in [-0.39, 0.29) is 5.56 Å². The van der Waals surface area contributed by atoms with E-state index in [9.17, 15) is 9.90 Å². The lowest BCUT2D eigenvalue weighted by atomic mass is 10.1. The maximum atomic E-state index is 11.3. The molecular formula is C26H26N6O2. The van der Waals surface area contributed by atoms with Gasteiger partial charge < -0.3 is 25.2 Å². The van der Waals surface area contributed by atoms with Crippen molar-refractivity contribution in [2.75, 3.05) is 43.4 Å². The predicted octanol–water partition coefficient (Wildman–Crippen LogP) is 4.76. The minimum Gasteiger partial charge on any atom is -0.478 e. The summed E-state index contributed by atoms with van der Waals surface area (Å²) in [7, 11) is 2.15. The Hall–Kier alpha value is -4.17. The van der Waals surface area contributed by atoms with Gasteiger partial charge in [-0.2, -0.15) is 0 Å². The lowest BCUT2D eigenvalue weighted by molar-refractivity contribution is 0.0697. The van der Waals surface area contributed by atoms with Gasteiger partial charge in [0.25, 0.3) is 0 Å². The normalized spacial score (nSPS) is 14.3. The number of imidazole rings is 1. The highest BCUT2D eigenvalue weighted by Crippen LogP contribution is 2.33. The fourth-order valence-corrected chi connectivity index (χ4v) is 4.20. The van der Waals surface area contributed by atoms with Gasteiger partial charge in [0.05, 0.1) is 28.0 Å². The molecule has 3 aromatic carbocycles. The molecule has 0 aliphatic carbocycles. The summed E-state index contributed by atoms with van der Waals surface area (Å²) in [6.07, 6.45) is 0. The number of carboxylic acid groups (broad SMARTS) is 1. The van der Waals surface area contributed by atoms with E-state index in [1.54, 1.807) is 18.2 Å². The third-order valence-electron chi connectivity index (χ3n) is 6.16. The summed E-state index contributed by atoms with van der Waals surface area (Å²) in [5, 5.41) is 12.8. The molecule has 1 aliphatic heterocycles. The van der Waals surface area contributed by atoms with E-state index in [0.29, 0.717) is 5.82 Å². The standard InChI is InChI=1S/C26H26N6O2/c1-27-21-9-7-20(32-12-10-31(2)11-13-32)16-24(21)28-19-6-8-22-23(15-19)30-25(29-22)17-4-3-5-18(14-17)26(33)34/h3-9,14-16,28H,1,10-13H2,2H3,(H,29,30)(H,33,34). The van der Waals surface area contributed by atoms with Crippen LogP contribution in [0.25, 0.3) is 22.4 Å². The topological polar surface area (TPSA) is 96.8 Å². The van der Waals surface area contributed by atoms with Crippen molar-refractivity contribution in [3.05, 3.63) is 66.2 Å². The number of H-pyrrole nitrogens is 1. The van der Waals surface area contributed by atoms with Crippen LogP contribution in [0.1, 0.15) is 10.4 Å². The SMILES string of the molecule is C=Nc1ccc(N2CCN(C)CC2)cc1Nc1ccc2nc(-c3cccc(C(=O)O)c3)[nH]c2c1. The van der Waals surface area contributed by atoms with Crippen molar-refractivity contribution in [2.45, 2.75) is 0 Å². The second-order valence-corrected chi connectivity index (χ2v) is 8.48. The zero-order valence-corrected chi connectivity index (χ0v) is 19.0. The molecule has 4 aromatic rings. The van der Waals surface area contributed by atoms with Crippen LogP contribution in [0.2, 0.25) is 0 Å². The number of benzene rings is 3. The molecule has 5 rings (SSSR count). The van der Waals surface area contributed by atoms with Gasteiger partial charge in [0, 0.05) is 43.1 Å². The van der Waals surface area contributed by atoms with Gasteiger partial charge in [-0.15, -0.1) is 0 Å². The smallest absolute Gasteiger partial charge is 0.335 e. The van der Waals surface area contributed by atoms with Gasteiger partial charge >= 0.3 is 5.97 Å². The lowest BCUT2D eigenvalue weighted by Crippen LogP contribution is -2.44. The van der Waals surface area contributed by atoms with E-state index in [4.69, 9.17) is 0 Å². The minimum absolute atomic E-state index is 0.227. The van der Waals surface area contributed by atoms with Crippen molar-refractivity contribution in [1.82, 2.24) is 14.9 Å². The zero-order valence-electron chi connectivity index (χ0n) is 19.0. The van der Waals surface area contributed by atoms with Crippen molar-refractivity contribution in [3.63, 3.8) is 0 Å². The third kappa shape index (κ3) is 4.35. The number of hydrogen-bond acceptors (Lipinski definition) is 6. The van der Waals surface area contributed by atoms with Crippen LogP contribution < -0.4 is 10.2 Å². The Bertz CT molecular complexity index is 1370. The summed E-state index contributed by atoms with van der Waals surface area (Å²) < 4.78 is 0. The van der Waals surface area contributed by atoms with E-state index >= 15 is 0 Å². The Kier molecular flexibility index (Phi) is 5.73. The van der Waals surface area contributed by atoms with Crippen LogP contribution in [0.4, 0.5) is 22.7 Å². The molecule has 8 heteroatoms. The molecule has 1 aromatic heterocycles. The molecule has 0 unspecified atom stereocenters. The molecular weight excluding hydrogens is 428 g/mol. The Morgan fingerprint density at radius 1 is 1.09 bits per heavy atom. The summed E-state index contributed by atoms with van der Waals surface area (Å²) in [6, 6.07) is 18.8.